The Bertz CT molecular complexity index is 1550. The standard InChI is InChI=1S/C16H13O2.C5H5.Fe/c1-10-7-11(2)16-13(17)9-14(18-15(16)8-10)12-5-3-4-6-12;1-2-4-5-3-1;/h3-9H,1-2H3;1-5H;. The molecule has 24 heavy (non-hydrogen) atoms. The van der Waals surface area contributed by atoms with E-state index in [1.807, 2.05) is 6.07 Å². The molecule has 10 fully saturated rings. The van der Waals surface area contributed by atoms with E-state index in [-0.39, 0.29) is 5.43 Å². The molecule has 10 aliphatic heterocycles. The van der Waals surface area contributed by atoms with Crippen molar-refractivity contribution in [1.29, 1.82) is 0 Å². The number of benzene rings is 1. The minimum absolute atomic E-state index is 0.236. The van der Waals surface area contributed by atoms with Gasteiger partial charge in [0.2, 0.25) is 0 Å². The topological polar surface area (TPSA) is 30.2 Å². The number of hydrogen-bond donors (Lipinski definition) is 0. The Morgan fingerprint density at radius 2 is 1.54 bits per heavy atom. The van der Waals surface area contributed by atoms with E-state index in [1.165, 1.54) is 45.0 Å². The van der Waals surface area contributed by atoms with Crippen LogP contribution in [0.3, 0.4) is 0 Å². The molecule has 4 atom stereocenters. The maximum absolute atomic E-state index is 13.0. The van der Waals surface area contributed by atoms with Gasteiger partial charge < -0.3 is 0 Å². The van der Waals surface area contributed by atoms with Crippen LogP contribution in [-0.4, -0.2) is 0 Å². The van der Waals surface area contributed by atoms with Crippen LogP contribution in [0.15, 0.2) is 27.4 Å². The third-order valence-electron chi connectivity index (χ3n) is 17.2. The zero-order valence-corrected chi connectivity index (χ0v) is 14.7. The molecule has 0 saturated carbocycles. The van der Waals surface area contributed by atoms with Crippen LogP contribution in [0.4, 0.5) is 0 Å². The summed E-state index contributed by atoms with van der Waals surface area (Å²) in [6, 6.07) is 6.22. The predicted octanol–water partition coefficient (Wildman–Crippen LogP) is 5.21. The Morgan fingerprint density at radius 1 is 0.917 bits per heavy atom. The van der Waals surface area contributed by atoms with Crippen LogP contribution in [0.2, 0.25) is 43.3 Å². The van der Waals surface area contributed by atoms with Crippen molar-refractivity contribution < 1.29 is 10.9 Å². The van der Waals surface area contributed by atoms with Gasteiger partial charge >= 0.3 is 129 Å². The molecule has 122 valence electrons. The van der Waals surface area contributed by atoms with Crippen molar-refractivity contribution in [2.45, 2.75) is 61.5 Å². The molecule has 2 nitrogen and oxygen atoms in total. The molecule has 12 rings (SSSR count). The van der Waals surface area contributed by atoms with Crippen LogP contribution in [0.5, 0.6) is 0 Å². The van der Waals surface area contributed by atoms with Gasteiger partial charge in [0.25, 0.3) is 0 Å². The molecular weight excluding hydrogens is 340 g/mol. The third-order valence-corrected chi connectivity index (χ3v) is 59.5. The number of aryl methyl sites for hydroxylation is 2. The Balaban J connectivity index is 1.35. The molecule has 0 bridgehead atoms. The molecule has 0 N–H and O–H groups in total. The molecule has 11 heterocycles. The van der Waals surface area contributed by atoms with Gasteiger partial charge in [0.05, 0.1) is 0 Å². The molecule has 1 aromatic heterocycles. The predicted molar refractivity (Wildman–Crippen MR) is 87.4 cm³/mol. The van der Waals surface area contributed by atoms with Gasteiger partial charge in [0.1, 0.15) is 0 Å². The SMILES string of the molecule is Cc1cc(C)c2c(=O)cc([C]34[CH]5[CH]6[CH]7[CH]3[Fe]6754389%10[CH]4[CH]3[CH]8[CH]9[CH]4%10)oc2c1. The number of rotatable bonds is 1. The maximum atomic E-state index is 13.0. The molecule has 0 amide bonds. The second kappa shape index (κ2) is 0.984. The number of fused-ring (bicyclic) bond motifs is 11. The van der Waals surface area contributed by atoms with Gasteiger partial charge in [-0.2, -0.15) is 0 Å². The molecular formula is C21H18FeO2. The fourth-order valence-corrected chi connectivity index (χ4v) is 92.6. The van der Waals surface area contributed by atoms with Crippen molar-refractivity contribution in [2.24, 2.45) is 0 Å². The second-order valence-electron chi connectivity index (χ2n) is 13.1. The Hall–Kier alpha value is -1.05. The summed E-state index contributed by atoms with van der Waals surface area (Å²) in [5.74, 6) is 1.22. The summed E-state index contributed by atoms with van der Waals surface area (Å²) in [6.45, 7) is 0.931. The normalized spacial score (nSPS) is 88.0. The van der Waals surface area contributed by atoms with Crippen molar-refractivity contribution in [3.8, 4) is 0 Å². The van der Waals surface area contributed by atoms with E-state index >= 15 is 0 Å². The van der Waals surface area contributed by atoms with E-state index in [1.54, 1.807) is 0 Å². The first-order valence-corrected chi connectivity index (χ1v) is 15.9. The summed E-state index contributed by atoms with van der Waals surface area (Å²) in [5.41, 5.74) is 3.41. The molecule has 3 heteroatoms. The van der Waals surface area contributed by atoms with Crippen LogP contribution in [0, 0.1) is 13.8 Å². The Kier molecular flexibility index (Phi) is 0.393. The summed E-state index contributed by atoms with van der Waals surface area (Å²) in [5, 5.41) is 0.830. The number of hydrogen-bond acceptors (Lipinski definition) is 2. The fourth-order valence-electron chi connectivity index (χ4n) is 18.7. The van der Waals surface area contributed by atoms with Crippen LogP contribution in [0.1, 0.15) is 16.9 Å². The Labute approximate surface area is 128 Å². The summed E-state index contributed by atoms with van der Waals surface area (Å²) in [6.07, 6.45) is 0. The molecule has 2 aromatic rings. The molecule has 0 aliphatic carbocycles. The summed E-state index contributed by atoms with van der Waals surface area (Å²) in [7, 11) is 0. The van der Waals surface area contributed by atoms with Crippen molar-refractivity contribution >= 4 is 11.0 Å². The fraction of sp³-hybridized carbons (Fsp3) is 0.571. The molecule has 10 aliphatic rings. The first-order chi connectivity index (χ1) is 11.3. The summed E-state index contributed by atoms with van der Waals surface area (Å²) in [4.78, 5) is 24.2. The molecule has 0 radical (unpaired) electrons. The average molecular weight is 358 g/mol. The van der Waals surface area contributed by atoms with Gasteiger partial charge in [-0.3, -0.25) is 0 Å². The van der Waals surface area contributed by atoms with Crippen LogP contribution < -0.4 is 5.43 Å². The van der Waals surface area contributed by atoms with Gasteiger partial charge in [-0.1, -0.05) is 0 Å². The minimum atomic E-state index is -3.24. The van der Waals surface area contributed by atoms with E-state index in [0.717, 1.165) is 26.2 Å². The van der Waals surface area contributed by atoms with Gasteiger partial charge in [-0.25, -0.2) is 0 Å². The van der Waals surface area contributed by atoms with Crippen molar-refractivity contribution in [3.05, 3.63) is 45.3 Å². The van der Waals surface area contributed by atoms with E-state index in [9.17, 15) is 4.79 Å². The van der Waals surface area contributed by atoms with E-state index in [4.69, 9.17) is 4.42 Å². The van der Waals surface area contributed by atoms with E-state index in [2.05, 4.69) is 26.0 Å². The first-order valence-electron chi connectivity index (χ1n) is 9.60. The Morgan fingerprint density at radius 3 is 2.04 bits per heavy atom. The average Bonchev–Trinajstić information content (AvgIpc) is 3.46. The molecule has 1 spiro atoms. The van der Waals surface area contributed by atoms with Gasteiger partial charge in [0, 0.05) is 0 Å². The van der Waals surface area contributed by atoms with Crippen LogP contribution in [-0.2, 0) is 10.8 Å². The molecule has 1 aromatic carbocycles. The van der Waals surface area contributed by atoms with Gasteiger partial charge in [-0.15, -0.1) is 0 Å². The second-order valence-corrected chi connectivity index (χ2v) is 36.7. The van der Waals surface area contributed by atoms with Crippen molar-refractivity contribution in [1.82, 2.24) is 0 Å². The first kappa shape index (κ1) is 9.59. The monoisotopic (exact) mass is 358 g/mol. The van der Waals surface area contributed by atoms with E-state index in [0.29, 0.717) is 4.31 Å². The van der Waals surface area contributed by atoms with Crippen molar-refractivity contribution in [2.75, 3.05) is 0 Å². The zero-order chi connectivity index (χ0) is 15.3. The van der Waals surface area contributed by atoms with Crippen LogP contribution in [0.25, 0.3) is 11.0 Å². The molecule has 10 saturated heterocycles. The summed E-state index contributed by atoms with van der Waals surface area (Å²) < 4.78 is 7.21. The van der Waals surface area contributed by atoms with Crippen molar-refractivity contribution in [3.63, 3.8) is 0 Å². The third kappa shape index (κ3) is 0.138. The molecule has 4 unspecified atom stereocenters. The van der Waals surface area contributed by atoms with Crippen LogP contribution >= 0.6 is 0 Å². The van der Waals surface area contributed by atoms with E-state index < -0.39 is 6.51 Å². The quantitative estimate of drug-likeness (QED) is 0.656. The summed E-state index contributed by atoms with van der Waals surface area (Å²) >= 11 is 0. The van der Waals surface area contributed by atoms with Gasteiger partial charge in [0.15, 0.2) is 0 Å². The zero-order valence-electron chi connectivity index (χ0n) is 13.6. The van der Waals surface area contributed by atoms with Gasteiger partial charge in [-0.05, 0) is 0 Å².